The number of nitrogens with one attached hydrogen (secondary N) is 2. The molecule has 2 fully saturated rings. The van der Waals surface area contributed by atoms with Crippen LogP contribution in [0.15, 0.2) is 53.8 Å². The first-order chi connectivity index (χ1) is 14.2. The zero-order chi connectivity index (χ0) is 20.1. The van der Waals surface area contributed by atoms with E-state index >= 15 is 0 Å². The van der Waals surface area contributed by atoms with Crippen molar-refractivity contribution in [3.63, 3.8) is 0 Å². The van der Waals surface area contributed by atoms with E-state index in [1.807, 2.05) is 19.4 Å². The smallest absolute Gasteiger partial charge is 0.191 e. The zero-order valence-corrected chi connectivity index (χ0v) is 17.6. The van der Waals surface area contributed by atoms with Crippen LogP contribution in [-0.4, -0.2) is 47.6 Å². The maximum Gasteiger partial charge on any atom is 0.191 e. The number of aryl methyl sites for hydroxylation is 1. The molecule has 0 amide bonds. The molecule has 0 aliphatic carbocycles. The van der Waals surface area contributed by atoms with Gasteiger partial charge in [0.25, 0.3) is 0 Å². The van der Waals surface area contributed by atoms with E-state index in [1.54, 1.807) is 0 Å². The van der Waals surface area contributed by atoms with Gasteiger partial charge in [0.15, 0.2) is 5.96 Å². The van der Waals surface area contributed by atoms with Gasteiger partial charge in [0.1, 0.15) is 0 Å². The Morgan fingerprint density at radius 2 is 1.90 bits per heavy atom. The van der Waals surface area contributed by atoms with Crippen LogP contribution in [0.2, 0.25) is 0 Å². The van der Waals surface area contributed by atoms with Crippen LogP contribution in [0, 0.1) is 6.92 Å². The molecule has 0 saturated carbocycles. The number of piperidine rings is 1. The van der Waals surface area contributed by atoms with Crippen LogP contribution in [0.25, 0.3) is 0 Å². The molecule has 29 heavy (non-hydrogen) atoms. The molecule has 3 heterocycles. The number of pyridine rings is 1. The highest BCUT2D eigenvalue weighted by Crippen LogP contribution is 2.36. The summed E-state index contributed by atoms with van der Waals surface area (Å²) in [7, 11) is 1.87. The van der Waals surface area contributed by atoms with Crippen LogP contribution in [-0.2, 0) is 13.0 Å². The van der Waals surface area contributed by atoms with Crippen molar-refractivity contribution < 1.29 is 0 Å². The Kier molecular flexibility index (Phi) is 6.45. The maximum absolute atomic E-state index is 4.46. The molecule has 2 aromatic rings. The van der Waals surface area contributed by atoms with Crippen LogP contribution < -0.4 is 10.6 Å². The second kappa shape index (κ2) is 9.40. The lowest BCUT2D eigenvalue weighted by molar-refractivity contribution is 0.114. The van der Waals surface area contributed by atoms with Gasteiger partial charge in [-0.1, -0.05) is 30.3 Å². The molecule has 5 heteroatoms. The van der Waals surface area contributed by atoms with Crippen molar-refractivity contribution in [3.05, 3.63) is 65.5 Å². The summed E-state index contributed by atoms with van der Waals surface area (Å²) in [6.07, 6.45) is 9.83. The highest BCUT2D eigenvalue weighted by molar-refractivity contribution is 5.80. The lowest BCUT2D eigenvalue weighted by Gasteiger charge is -2.39. The van der Waals surface area contributed by atoms with E-state index in [-0.39, 0.29) is 0 Å². The van der Waals surface area contributed by atoms with Crippen molar-refractivity contribution in [2.24, 2.45) is 4.99 Å². The largest absolute Gasteiger partial charge is 0.356 e. The Balaban J connectivity index is 1.27. The molecule has 1 aromatic carbocycles. The van der Waals surface area contributed by atoms with E-state index in [2.05, 4.69) is 68.8 Å². The van der Waals surface area contributed by atoms with Crippen LogP contribution in [0.4, 0.5) is 0 Å². The standard InChI is InChI=1S/C24H33N5/c1-18-16-26-12-10-20(18)11-13-27-24(25-2)28-21-14-22-8-9-23(15-21)29(22)17-19-6-4-3-5-7-19/h3-7,10,12,16,21-23H,8-9,11,13-15,17H2,1-2H3,(H2,25,27,28). The summed E-state index contributed by atoms with van der Waals surface area (Å²) in [6, 6.07) is 14.9. The number of guanidine groups is 1. The van der Waals surface area contributed by atoms with E-state index in [1.165, 1.54) is 42.4 Å². The minimum atomic E-state index is 0.508. The number of aliphatic imine (C=N–C) groups is 1. The molecular formula is C24H33N5. The summed E-state index contributed by atoms with van der Waals surface area (Å²) < 4.78 is 0. The van der Waals surface area contributed by atoms with Crippen LogP contribution in [0.1, 0.15) is 42.4 Å². The van der Waals surface area contributed by atoms with Gasteiger partial charge in [0.05, 0.1) is 0 Å². The second-order valence-corrected chi connectivity index (χ2v) is 8.41. The number of benzene rings is 1. The molecule has 2 saturated heterocycles. The van der Waals surface area contributed by atoms with Crippen LogP contribution in [0.5, 0.6) is 0 Å². The SMILES string of the molecule is CN=C(NCCc1ccncc1C)NC1CC2CCC(C1)N2Cc1ccccc1. The fourth-order valence-electron chi connectivity index (χ4n) is 4.93. The highest BCUT2D eigenvalue weighted by Gasteiger charge is 2.40. The molecule has 4 rings (SSSR count). The first-order valence-corrected chi connectivity index (χ1v) is 10.9. The topological polar surface area (TPSA) is 52.6 Å². The van der Waals surface area contributed by atoms with Gasteiger partial charge in [-0.15, -0.1) is 0 Å². The number of fused-ring (bicyclic) bond motifs is 2. The number of hydrogen-bond acceptors (Lipinski definition) is 3. The van der Waals surface area contributed by atoms with Crippen molar-refractivity contribution in [1.82, 2.24) is 20.5 Å². The second-order valence-electron chi connectivity index (χ2n) is 8.41. The summed E-state index contributed by atoms with van der Waals surface area (Å²) in [5.74, 6) is 0.928. The van der Waals surface area contributed by atoms with E-state index in [0.717, 1.165) is 25.5 Å². The summed E-state index contributed by atoms with van der Waals surface area (Å²) in [4.78, 5) is 11.4. The molecule has 2 bridgehead atoms. The Hall–Kier alpha value is -2.40. The number of hydrogen-bond donors (Lipinski definition) is 2. The van der Waals surface area contributed by atoms with Crippen molar-refractivity contribution in [3.8, 4) is 0 Å². The summed E-state index contributed by atoms with van der Waals surface area (Å²) in [5.41, 5.74) is 4.02. The van der Waals surface area contributed by atoms with Crippen LogP contribution in [0.3, 0.4) is 0 Å². The highest BCUT2D eigenvalue weighted by atomic mass is 15.2. The Labute approximate surface area is 174 Å². The van der Waals surface area contributed by atoms with E-state index in [0.29, 0.717) is 18.1 Å². The average Bonchev–Trinajstić information content (AvgIpc) is 2.97. The van der Waals surface area contributed by atoms with E-state index in [9.17, 15) is 0 Å². The number of rotatable bonds is 6. The monoisotopic (exact) mass is 391 g/mol. The Morgan fingerprint density at radius 3 is 2.59 bits per heavy atom. The average molecular weight is 392 g/mol. The molecule has 2 aliphatic heterocycles. The number of aromatic nitrogens is 1. The van der Waals surface area contributed by atoms with Crippen molar-refractivity contribution in [2.45, 2.75) is 63.7 Å². The molecule has 2 N–H and O–H groups in total. The van der Waals surface area contributed by atoms with Gasteiger partial charge in [-0.25, -0.2) is 0 Å². The predicted molar refractivity (Wildman–Crippen MR) is 119 cm³/mol. The third-order valence-electron chi connectivity index (χ3n) is 6.48. The molecule has 0 spiro atoms. The summed E-state index contributed by atoms with van der Waals surface area (Å²) >= 11 is 0. The molecule has 2 unspecified atom stereocenters. The molecule has 5 nitrogen and oxygen atoms in total. The molecule has 2 atom stereocenters. The quantitative estimate of drug-likeness (QED) is 0.586. The summed E-state index contributed by atoms with van der Waals surface area (Å²) in [6.45, 7) is 4.08. The van der Waals surface area contributed by atoms with E-state index < -0.39 is 0 Å². The third kappa shape index (κ3) is 4.96. The lowest BCUT2D eigenvalue weighted by atomic mass is 9.96. The molecule has 2 aliphatic rings. The van der Waals surface area contributed by atoms with Gasteiger partial charge < -0.3 is 10.6 Å². The first-order valence-electron chi connectivity index (χ1n) is 10.9. The zero-order valence-electron chi connectivity index (χ0n) is 17.6. The lowest BCUT2D eigenvalue weighted by Crippen LogP contribution is -2.52. The van der Waals surface area contributed by atoms with Gasteiger partial charge >= 0.3 is 0 Å². The minimum Gasteiger partial charge on any atom is -0.356 e. The van der Waals surface area contributed by atoms with Crippen molar-refractivity contribution in [2.75, 3.05) is 13.6 Å². The Morgan fingerprint density at radius 1 is 1.14 bits per heavy atom. The first kappa shape index (κ1) is 19.9. The van der Waals surface area contributed by atoms with Gasteiger partial charge in [-0.2, -0.15) is 0 Å². The maximum atomic E-state index is 4.46. The van der Waals surface area contributed by atoms with E-state index in [4.69, 9.17) is 0 Å². The van der Waals surface area contributed by atoms with Crippen molar-refractivity contribution in [1.29, 1.82) is 0 Å². The molecule has 0 radical (unpaired) electrons. The molecule has 154 valence electrons. The molecule has 1 aromatic heterocycles. The van der Waals surface area contributed by atoms with Crippen molar-refractivity contribution >= 4 is 5.96 Å². The number of nitrogens with zero attached hydrogens (tertiary/aromatic N) is 3. The van der Waals surface area contributed by atoms with Gasteiger partial charge in [0, 0.05) is 50.7 Å². The minimum absolute atomic E-state index is 0.508. The fourth-order valence-corrected chi connectivity index (χ4v) is 4.93. The van der Waals surface area contributed by atoms with Gasteiger partial charge in [0.2, 0.25) is 0 Å². The van der Waals surface area contributed by atoms with Crippen LogP contribution >= 0.6 is 0 Å². The molecular weight excluding hydrogens is 358 g/mol. The normalized spacial score (nSPS) is 24.5. The fraction of sp³-hybridized carbons (Fsp3) is 0.500. The third-order valence-corrected chi connectivity index (χ3v) is 6.48. The van der Waals surface area contributed by atoms with Gasteiger partial charge in [-0.3, -0.25) is 14.9 Å². The van der Waals surface area contributed by atoms with Gasteiger partial charge in [-0.05, 0) is 61.8 Å². The Bertz CT molecular complexity index is 805. The predicted octanol–water partition coefficient (Wildman–Crippen LogP) is 3.29. The summed E-state index contributed by atoms with van der Waals surface area (Å²) in [5, 5.41) is 7.19.